The second-order valence-corrected chi connectivity index (χ2v) is 10.7. The Hall–Kier alpha value is -1.49. The summed E-state index contributed by atoms with van der Waals surface area (Å²) in [4.78, 5) is 14.4. The normalized spacial score (nSPS) is 25.8. The molecule has 0 aromatic heterocycles. The molecule has 0 N–H and O–H groups in total. The van der Waals surface area contributed by atoms with Crippen LogP contribution in [0.4, 0.5) is 0 Å². The van der Waals surface area contributed by atoms with Gasteiger partial charge in [-0.1, -0.05) is 6.07 Å². The van der Waals surface area contributed by atoms with Gasteiger partial charge in [-0.3, -0.25) is 4.79 Å². The Labute approximate surface area is 147 Å². The number of sulfonamides is 1. The number of carbonyl (C=O) groups is 1. The number of sulfone groups is 1. The largest absolute Gasteiger partial charge is 0.373 e. The van der Waals surface area contributed by atoms with Crippen LogP contribution < -0.4 is 0 Å². The van der Waals surface area contributed by atoms with Gasteiger partial charge in [0.05, 0.1) is 35.2 Å². The first-order valence-corrected chi connectivity index (χ1v) is 11.0. The molecule has 2 atom stereocenters. The third-order valence-corrected chi connectivity index (χ3v) is 7.95. The zero-order valence-corrected chi connectivity index (χ0v) is 15.6. The van der Waals surface area contributed by atoms with Crippen LogP contribution in [0.15, 0.2) is 29.2 Å². The molecule has 138 valence electrons. The molecule has 10 heteroatoms. The molecule has 2 unspecified atom stereocenters. The number of nitrogens with zero attached hydrogens (tertiary/aromatic N) is 2. The van der Waals surface area contributed by atoms with E-state index in [1.807, 2.05) is 0 Å². The summed E-state index contributed by atoms with van der Waals surface area (Å²) in [6.45, 7) is 0.540. The molecule has 25 heavy (non-hydrogen) atoms. The molecule has 0 saturated carbocycles. The molecule has 8 nitrogen and oxygen atoms in total. The predicted octanol–water partition coefficient (Wildman–Crippen LogP) is -0.425. The van der Waals surface area contributed by atoms with E-state index in [0.717, 1.165) is 4.31 Å². The lowest BCUT2D eigenvalue weighted by atomic mass is 10.1. The van der Waals surface area contributed by atoms with Gasteiger partial charge in [0.15, 0.2) is 9.84 Å². The van der Waals surface area contributed by atoms with Crippen LogP contribution in [0.2, 0.25) is 0 Å². The van der Waals surface area contributed by atoms with Crippen molar-refractivity contribution in [2.24, 2.45) is 0 Å². The number of fused-ring (bicyclic) bond motifs is 1. The highest BCUT2D eigenvalue weighted by molar-refractivity contribution is 7.91. The molecule has 1 aromatic carbocycles. The van der Waals surface area contributed by atoms with Gasteiger partial charge in [0, 0.05) is 26.2 Å². The van der Waals surface area contributed by atoms with Gasteiger partial charge >= 0.3 is 0 Å². The molecule has 0 spiro atoms. The number of amides is 1. The zero-order chi connectivity index (χ0) is 18.4. The van der Waals surface area contributed by atoms with Crippen molar-refractivity contribution in [1.29, 1.82) is 0 Å². The van der Waals surface area contributed by atoms with Crippen molar-refractivity contribution in [2.75, 3.05) is 38.8 Å². The topological polar surface area (TPSA) is 101 Å². The van der Waals surface area contributed by atoms with E-state index in [1.54, 1.807) is 0 Å². The maximum atomic E-state index is 12.9. The van der Waals surface area contributed by atoms with Crippen LogP contribution in [0.5, 0.6) is 0 Å². The van der Waals surface area contributed by atoms with Crippen molar-refractivity contribution in [1.82, 2.24) is 9.21 Å². The van der Waals surface area contributed by atoms with Gasteiger partial charge in [-0.15, -0.1) is 0 Å². The molecule has 0 radical (unpaired) electrons. The molecule has 1 amide bonds. The fourth-order valence-electron chi connectivity index (χ4n) is 3.13. The highest BCUT2D eigenvalue weighted by Gasteiger charge is 2.45. The fourth-order valence-corrected chi connectivity index (χ4v) is 5.95. The van der Waals surface area contributed by atoms with Crippen LogP contribution in [0, 0.1) is 0 Å². The molecular formula is C15H20N2O6S2. The van der Waals surface area contributed by atoms with Crippen LogP contribution in [0.3, 0.4) is 0 Å². The van der Waals surface area contributed by atoms with Crippen molar-refractivity contribution >= 4 is 25.8 Å². The summed E-state index contributed by atoms with van der Waals surface area (Å²) in [5, 5.41) is 0. The molecule has 0 bridgehead atoms. The number of hydrogen-bond donors (Lipinski definition) is 0. The van der Waals surface area contributed by atoms with Crippen LogP contribution in [0.25, 0.3) is 0 Å². The standard InChI is InChI=1S/C15H20N2O6S2/c1-16(2)25(21,22)12-5-3-4-11(8-12)15(18)17-6-7-23-14-10-24(19,20)9-13(14)17/h3-5,8,13-14H,6-7,9-10H2,1-2H3. The smallest absolute Gasteiger partial charge is 0.254 e. The van der Waals surface area contributed by atoms with Crippen LogP contribution in [0.1, 0.15) is 10.4 Å². The van der Waals surface area contributed by atoms with Crippen LogP contribution in [-0.4, -0.2) is 82.8 Å². The number of benzene rings is 1. The molecular weight excluding hydrogens is 368 g/mol. The Balaban J connectivity index is 1.91. The number of hydrogen-bond acceptors (Lipinski definition) is 6. The van der Waals surface area contributed by atoms with Gasteiger partial charge in [-0.25, -0.2) is 21.1 Å². The predicted molar refractivity (Wildman–Crippen MR) is 90.5 cm³/mol. The minimum Gasteiger partial charge on any atom is -0.373 e. The molecule has 2 saturated heterocycles. The van der Waals surface area contributed by atoms with E-state index < -0.39 is 32.0 Å². The monoisotopic (exact) mass is 388 g/mol. The summed E-state index contributed by atoms with van der Waals surface area (Å²) >= 11 is 0. The fraction of sp³-hybridized carbons (Fsp3) is 0.533. The molecule has 0 aliphatic carbocycles. The Morgan fingerprint density at radius 2 is 2.00 bits per heavy atom. The molecule has 1 aromatic rings. The average molecular weight is 388 g/mol. The first-order valence-electron chi connectivity index (χ1n) is 7.77. The van der Waals surface area contributed by atoms with Gasteiger partial charge in [0.1, 0.15) is 0 Å². The second kappa shape index (κ2) is 6.35. The maximum Gasteiger partial charge on any atom is 0.254 e. The van der Waals surface area contributed by atoms with Gasteiger partial charge in [-0.2, -0.15) is 0 Å². The third-order valence-electron chi connectivity index (χ3n) is 4.46. The van der Waals surface area contributed by atoms with Crippen LogP contribution >= 0.6 is 0 Å². The van der Waals surface area contributed by atoms with Gasteiger partial charge in [0.2, 0.25) is 10.0 Å². The van der Waals surface area contributed by atoms with E-state index in [0.29, 0.717) is 0 Å². The van der Waals surface area contributed by atoms with Gasteiger partial charge < -0.3 is 9.64 Å². The van der Waals surface area contributed by atoms with Gasteiger partial charge in [-0.05, 0) is 18.2 Å². The number of rotatable bonds is 3. The number of ether oxygens (including phenoxy) is 1. The Kier molecular flexibility index (Phi) is 4.65. The first-order chi connectivity index (χ1) is 11.6. The minimum atomic E-state index is -3.66. The second-order valence-electron chi connectivity index (χ2n) is 6.37. The minimum absolute atomic E-state index is 0.0206. The van der Waals surface area contributed by atoms with E-state index in [2.05, 4.69) is 0 Å². The highest BCUT2D eigenvalue weighted by atomic mass is 32.2. The van der Waals surface area contributed by atoms with E-state index in [-0.39, 0.29) is 41.0 Å². The van der Waals surface area contributed by atoms with Gasteiger partial charge in [0.25, 0.3) is 5.91 Å². The highest BCUT2D eigenvalue weighted by Crippen LogP contribution is 2.26. The van der Waals surface area contributed by atoms with Crippen molar-refractivity contribution in [3.63, 3.8) is 0 Å². The molecule has 2 aliphatic rings. The maximum absolute atomic E-state index is 12.9. The summed E-state index contributed by atoms with van der Waals surface area (Å²) in [6.07, 6.45) is -0.517. The quantitative estimate of drug-likeness (QED) is 0.697. The Morgan fingerprint density at radius 3 is 2.68 bits per heavy atom. The van der Waals surface area contributed by atoms with E-state index in [9.17, 15) is 21.6 Å². The summed E-state index contributed by atoms with van der Waals surface area (Å²) in [5.74, 6) is -0.596. The molecule has 2 fully saturated rings. The molecule has 2 aliphatic heterocycles. The van der Waals surface area contributed by atoms with Crippen molar-refractivity contribution in [3.05, 3.63) is 29.8 Å². The lowest BCUT2D eigenvalue weighted by Crippen LogP contribution is -2.53. The average Bonchev–Trinajstić information content (AvgIpc) is 2.87. The van der Waals surface area contributed by atoms with Crippen molar-refractivity contribution < 1.29 is 26.4 Å². The molecule has 3 rings (SSSR count). The van der Waals surface area contributed by atoms with E-state index in [1.165, 1.54) is 43.3 Å². The lowest BCUT2D eigenvalue weighted by Gasteiger charge is -2.36. The summed E-state index contributed by atoms with van der Waals surface area (Å²) < 4.78 is 54.8. The zero-order valence-electron chi connectivity index (χ0n) is 14.0. The first kappa shape index (κ1) is 18.3. The van der Waals surface area contributed by atoms with E-state index >= 15 is 0 Å². The Bertz CT molecular complexity index is 894. The summed E-state index contributed by atoms with van der Waals surface area (Å²) in [6, 6.07) is 5.26. The Morgan fingerprint density at radius 1 is 1.28 bits per heavy atom. The van der Waals surface area contributed by atoms with E-state index in [4.69, 9.17) is 4.74 Å². The van der Waals surface area contributed by atoms with Crippen molar-refractivity contribution in [3.8, 4) is 0 Å². The summed E-state index contributed by atoms with van der Waals surface area (Å²) in [5.41, 5.74) is 0.216. The SMILES string of the molecule is CN(C)S(=O)(=O)c1cccc(C(=O)N2CCOC3CS(=O)(=O)CC32)c1. The number of morpholine rings is 1. The molecule has 2 heterocycles. The summed E-state index contributed by atoms with van der Waals surface area (Å²) in [7, 11) is -4.07. The van der Waals surface area contributed by atoms with Crippen LogP contribution in [-0.2, 0) is 24.6 Å². The number of carbonyl (C=O) groups excluding carboxylic acids is 1. The third kappa shape index (κ3) is 3.43. The lowest BCUT2D eigenvalue weighted by molar-refractivity contribution is -0.0361. The van der Waals surface area contributed by atoms with Crippen molar-refractivity contribution in [2.45, 2.75) is 17.0 Å².